The molecule has 0 heterocycles. The van der Waals surface area contributed by atoms with E-state index in [9.17, 15) is 33.9 Å². The number of nitrogens with two attached hydrogens (primary N) is 1. The van der Waals surface area contributed by atoms with Crippen LogP contribution in [-0.2, 0) is 41.6 Å². The second kappa shape index (κ2) is 19.5. The highest BCUT2D eigenvalue weighted by molar-refractivity contribution is 5.95. The third kappa shape index (κ3) is 14.3. The van der Waals surface area contributed by atoms with E-state index in [1.165, 1.54) is 19.1 Å². The molecule has 2 aromatic carbocycles. The fourth-order valence-electron chi connectivity index (χ4n) is 4.47. The van der Waals surface area contributed by atoms with Crippen LogP contribution in [0.2, 0.25) is 0 Å². The normalized spacial score (nSPS) is 13.3. The van der Waals surface area contributed by atoms with Crippen LogP contribution in [0.3, 0.4) is 0 Å². The molecule has 9 N–H and O–H groups in total. The van der Waals surface area contributed by atoms with E-state index in [0.717, 1.165) is 11.1 Å². The van der Waals surface area contributed by atoms with Gasteiger partial charge in [0.05, 0.1) is 12.6 Å². The summed E-state index contributed by atoms with van der Waals surface area (Å²) < 4.78 is 0. The summed E-state index contributed by atoms with van der Waals surface area (Å²) in [5, 5.41) is 19.7. The maximum atomic E-state index is 13.4. The molecule has 2 rings (SSSR count). The van der Waals surface area contributed by atoms with Gasteiger partial charge in [-0.25, -0.2) is 0 Å². The fourth-order valence-corrected chi connectivity index (χ4v) is 4.47. The molecule has 47 heavy (non-hydrogen) atoms. The average molecular weight is 654 g/mol. The number of phenolic OH excluding ortho intramolecular Hbond substituents is 1. The number of carbonyl (C=O) groups is 6. The second-order valence-corrected chi connectivity index (χ2v) is 11.7. The Morgan fingerprint density at radius 3 is 1.96 bits per heavy atom. The molecule has 0 fully saturated rings. The van der Waals surface area contributed by atoms with Gasteiger partial charge < -0.3 is 32.1 Å². The molecule has 0 aromatic heterocycles. The summed E-state index contributed by atoms with van der Waals surface area (Å²) in [6.45, 7) is 6.53. The molecule has 14 nitrogen and oxygen atoms in total. The van der Waals surface area contributed by atoms with E-state index in [1.807, 2.05) is 26.8 Å². The highest BCUT2D eigenvalue weighted by atomic mass is 16.3. The van der Waals surface area contributed by atoms with Gasteiger partial charge in [0.1, 0.15) is 23.9 Å². The Bertz CT molecular complexity index is 1350. The Balaban J connectivity index is 2.00. The van der Waals surface area contributed by atoms with Gasteiger partial charge in [-0.1, -0.05) is 63.2 Å². The molecule has 2 aromatic rings. The zero-order chi connectivity index (χ0) is 34.9. The Hall–Kier alpha value is -4.98. The summed E-state index contributed by atoms with van der Waals surface area (Å²) >= 11 is 0. The van der Waals surface area contributed by atoms with Crippen LogP contribution in [0.25, 0.3) is 0 Å². The number of rotatable bonds is 17. The van der Waals surface area contributed by atoms with Gasteiger partial charge in [-0.3, -0.25) is 39.6 Å². The molecule has 0 aliphatic carbocycles. The zero-order valence-corrected chi connectivity index (χ0v) is 27.3. The maximum Gasteiger partial charge on any atom is 0.260 e. The predicted octanol–water partition coefficient (Wildman–Crippen LogP) is 0.0888. The van der Waals surface area contributed by atoms with Crippen LogP contribution in [0.4, 0.5) is 0 Å². The molecule has 0 aliphatic rings. The summed E-state index contributed by atoms with van der Waals surface area (Å²) in [5.74, 6) is -3.39. The van der Waals surface area contributed by atoms with Crippen molar-refractivity contribution in [3.8, 4) is 5.75 Å². The quantitative estimate of drug-likeness (QED) is 0.109. The van der Waals surface area contributed by atoms with Gasteiger partial charge in [-0.05, 0) is 55.4 Å². The van der Waals surface area contributed by atoms with E-state index in [0.29, 0.717) is 6.42 Å². The molecule has 0 aliphatic heterocycles. The van der Waals surface area contributed by atoms with Crippen LogP contribution in [0.5, 0.6) is 5.75 Å². The number of hydrogen-bond acceptors (Lipinski definition) is 8. The number of benzene rings is 2. The Morgan fingerprint density at radius 1 is 0.702 bits per heavy atom. The van der Waals surface area contributed by atoms with Gasteiger partial charge in [0.2, 0.25) is 29.5 Å². The minimum atomic E-state index is -1.10. The Morgan fingerprint density at radius 2 is 1.34 bits per heavy atom. The number of hydrazine groups is 1. The van der Waals surface area contributed by atoms with Crippen LogP contribution in [-0.4, -0.2) is 71.3 Å². The lowest BCUT2D eigenvalue weighted by Gasteiger charge is -2.24. The molecule has 0 radical (unpaired) electrons. The minimum Gasteiger partial charge on any atom is -0.508 e. The monoisotopic (exact) mass is 653 g/mol. The summed E-state index contributed by atoms with van der Waals surface area (Å²) in [6, 6.07) is 11.1. The van der Waals surface area contributed by atoms with E-state index in [1.54, 1.807) is 36.4 Å². The van der Waals surface area contributed by atoms with Crippen LogP contribution in [0.1, 0.15) is 58.1 Å². The van der Waals surface area contributed by atoms with Crippen molar-refractivity contribution in [3.05, 3.63) is 65.7 Å². The van der Waals surface area contributed by atoms with Crippen LogP contribution < -0.4 is 37.9 Å². The Kier molecular flexibility index (Phi) is 15.9. The fraction of sp³-hybridized carbons (Fsp3) is 0.455. The number of phenols is 1. The number of amides is 6. The summed E-state index contributed by atoms with van der Waals surface area (Å²) in [5.41, 5.74) is 12.1. The van der Waals surface area contributed by atoms with Crippen molar-refractivity contribution in [1.29, 1.82) is 0 Å². The molecule has 4 atom stereocenters. The first-order chi connectivity index (χ1) is 22.3. The van der Waals surface area contributed by atoms with Crippen molar-refractivity contribution in [1.82, 2.24) is 32.1 Å². The molecule has 0 saturated carbocycles. The lowest BCUT2D eigenvalue weighted by Crippen LogP contribution is -2.57. The predicted molar refractivity (Wildman–Crippen MR) is 175 cm³/mol. The lowest BCUT2D eigenvalue weighted by molar-refractivity contribution is -0.134. The first-order valence-electron chi connectivity index (χ1n) is 15.6. The topological polar surface area (TPSA) is 221 Å². The maximum absolute atomic E-state index is 13.4. The Labute approximate surface area is 275 Å². The van der Waals surface area contributed by atoms with Crippen molar-refractivity contribution in [2.75, 3.05) is 6.54 Å². The van der Waals surface area contributed by atoms with Crippen molar-refractivity contribution >= 4 is 35.4 Å². The van der Waals surface area contributed by atoms with Gasteiger partial charge in [0.15, 0.2) is 0 Å². The molecule has 14 heteroatoms. The summed E-state index contributed by atoms with van der Waals surface area (Å²) in [6.07, 6.45) is 1.37. The van der Waals surface area contributed by atoms with Crippen molar-refractivity contribution in [2.45, 2.75) is 84.0 Å². The highest BCUT2D eigenvalue weighted by Gasteiger charge is 2.28. The SMILES string of the molecule is CCCC(=O)NNC(=O)[C@@H](CC(C)C)NC(=O)[C@H](Cc1ccccc1)NC(=O)CNC(=O)[C@@H](C)NC(=O)[C@@H](N)Cc1ccc(O)cc1. The standard InChI is InChI=1S/C33H47N7O7/c1-5-9-28(42)39-40-33(47)26(16-20(2)3)38-32(46)27(18-22-10-7-6-8-11-22)37-29(43)19-35-30(44)21(4)36-31(45)25(34)17-23-12-14-24(41)15-13-23/h6-8,10-15,20-21,25-27,41H,5,9,16-19,34H2,1-4H3,(H,35,44)(H,36,45)(H,37,43)(H,38,46)(H,39,42)(H,40,47)/t21-,25+,26-,27+/m1/s1. The zero-order valence-electron chi connectivity index (χ0n) is 27.3. The first kappa shape index (κ1) is 38.2. The highest BCUT2D eigenvalue weighted by Crippen LogP contribution is 2.11. The van der Waals surface area contributed by atoms with Crippen molar-refractivity contribution in [3.63, 3.8) is 0 Å². The van der Waals surface area contributed by atoms with Crippen LogP contribution in [0, 0.1) is 5.92 Å². The van der Waals surface area contributed by atoms with Gasteiger partial charge in [0, 0.05) is 12.8 Å². The van der Waals surface area contributed by atoms with E-state index in [-0.39, 0.29) is 43.3 Å². The van der Waals surface area contributed by atoms with Crippen LogP contribution >= 0.6 is 0 Å². The molecular formula is C33H47N7O7. The molecule has 0 spiro atoms. The summed E-state index contributed by atoms with van der Waals surface area (Å²) in [7, 11) is 0. The van der Waals surface area contributed by atoms with Crippen LogP contribution in [0.15, 0.2) is 54.6 Å². The minimum absolute atomic E-state index is 0.0135. The molecular weight excluding hydrogens is 606 g/mol. The number of carbonyl (C=O) groups excluding carboxylic acids is 6. The van der Waals surface area contributed by atoms with Crippen molar-refractivity contribution in [2.24, 2.45) is 11.7 Å². The van der Waals surface area contributed by atoms with E-state index >= 15 is 0 Å². The number of aromatic hydroxyl groups is 1. The third-order valence-corrected chi connectivity index (χ3v) is 6.98. The molecule has 0 saturated heterocycles. The average Bonchev–Trinajstić information content (AvgIpc) is 3.03. The van der Waals surface area contributed by atoms with Gasteiger partial charge >= 0.3 is 0 Å². The molecule has 0 bridgehead atoms. The summed E-state index contributed by atoms with van der Waals surface area (Å²) in [4.78, 5) is 76.2. The second-order valence-electron chi connectivity index (χ2n) is 11.7. The van der Waals surface area contributed by atoms with Gasteiger partial charge in [-0.2, -0.15) is 0 Å². The lowest BCUT2D eigenvalue weighted by atomic mass is 10.0. The van der Waals surface area contributed by atoms with Gasteiger partial charge in [0.25, 0.3) is 5.91 Å². The number of nitrogens with one attached hydrogen (secondary N) is 6. The first-order valence-corrected chi connectivity index (χ1v) is 15.6. The molecule has 0 unspecified atom stereocenters. The van der Waals surface area contributed by atoms with E-state index < -0.39 is 60.2 Å². The molecule has 6 amide bonds. The number of hydrogen-bond donors (Lipinski definition) is 8. The largest absolute Gasteiger partial charge is 0.508 e. The van der Waals surface area contributed by atoms with Crippen molar-refractivity contribution < 1.29 is 33.9 Å². The van der Waals surface area contributed by atoms with Gasteiger partial charge in [-0.15, -0.1) is 0 Å². The third-order valence-electron chi connectivity index (χ3n) is 6.98. The van der Waals surface area contributed by atoms with E-state index in [2.05, 4.69) is 32.1 Å². The van der Waals surface area contributed by atoms with E-state index in [4.69, 9.17) is 5.73 Å². The molecule has 256 valence electrons. The smallest absolute Gasteiger partial charge is 0.260 e.